The van der Waals surface area contributed by atoms with Gasteiger partial charge in [0.05, 0.1) is 11.6 Å². The minimum absolute atomic E-state index is 0.690. The fourth-order valence-corrected chi connectivity index (χ4v) is 2.73. The third-order valence-electron chi connectivity index (χ3n) is 3.79. The highest BCUT2D eigenvalue weighted by atomic mass is 14.2. The van der Waals surface area contributed by atoms with Crippen LogP contribution in [0.3, 0.4) is 0 Å². The van der Waals surface area contributed by atoms with E-state index >= 15 is 0 Å². The van der Waals surface area contributed by atoms with Crippen molar-refractivity contribution in [3.63, 3.8) is 0 Å². The maximum atomic E-state index is 8.86. The van der Waals surface area contributed by atoms with Crippen molar-refractivity contribution in [3.8, 4) is 28.3 Å². The van der Waals surface area contributed by atoms with Crippen molar-refractivity contribution >= 4 is 0 Å². The zero-order valence-electron chi connectivity index (χ0n) is 12.8. The maximum Gasteiger partial charge on any atom is 0.0991 e. The van der Waals surface area contributed by atoms with Crippen LogP contribution in [0.15, 0.2) is 66.7 Å². The Balaban J connectivity index is 1.93. The second kappa shape index (κ2) is 5.87. The first kappa shape index (κ1) is 14.1. The van der Waals surface area contributed by atoms with E-state index in [9.17, 15) is 0 Å². The fourth-order valence-electron chi connectivity index (χ4n) is 2.73. The molecule has 3 aromatic carbocycles. The predicted octanol–water partition coefficient (Wildman–Crippen LogP) is 5.51. The minimum Gasteiger partial charge on any atom is -0.192 e. The summed E-state index contributed by atoms with van der Waals surface area (Å²) in [4.78, 5) is 0. The lowest BCUT2D eigenvalue weighted by atomic mass is 9.97. The van der Waals surface area contributed by atoms with Gasteiger partial charge in [-0.25, -0.2) is 0 Å². The van der Waals surface area contributed by atoms with Gasteiger partial charge in [-0.3, -0.25) is 0 Å². The molecular formula is C21H17N. The van der Waals surface area contributed by atoms with Gasteiger partial charge in [0.25, 0.3) is 0 Å². The van der Waals surface area contributed by atoms with Crippen molar-refractivity contribution in [1.82, 2.24) is 0 Å². The monoisotopic (exact) mass is 283 g/mol. The van der Waals surface area contributed by atoms with Crippen molar-refractivity contribution in [3.05, 3.63) is 83.4 Å². The van der Waals surface area contributed by atoms with Crippen LogP contribution in [0.5, 0.6) is 0 Å². The Hall–Kier alpha value is -2.85. The number of nitrogens with zero attached hydrogens (tertiary/aromatic N) is 1. The average molecular weight is 283 g/mol. The summed E-state index contributed by atoms with van der Waals surface area (Å²) in [7, 11) is 0. The van der Waals surface area contributed by atoms with E-state index in [1.54, 1.807) is 0 Å². The molecule has 0 heterocycles. The van der Waals surface area contributed by atoms with Gasteiger partial charge in [-0.15, -0.1) is 0 Å². The van der Waals surface area contributed by atoms with Gasteiger partial charge >= 0.3 is 0 Å². The molecule has 0 aliphatic heterocycles. The van der Waals surface area contributed by atoms with Crippen LogP contribution in [0, 0.1) is 25.2 Å². The number of hydrogen-bond donors (Lipinski definition) is 0. The normalized spacial score (nSPS) is 10.2. The molecule has 0 saturated carbocycles. The van der Waals surface area contributed by atoms with Gasteiger partial charge in [0.1, 0.15) is 0 Å². The second-order valence-electron chi connectivity index (χ2n) is 5.64. The largest absolute Gasteiger partial charge is 0.192 e. The third kappa shape index (κ3) is 2.92. The topological polar surface area (TPSA) is 23.8 Å². The molecule has 0 N–H and O–H groups in total. The first-order valence-corrected chi connectivity index (χ1v) is 7.35. The van der Waals surface area contributed by atoms with Crippen LogP contribution in [0.4, 0.5) is 0 Å². The highest BCUT2D eigenvalue weighted by Gasteiger charge is 2.02. The third-order valence-corrected chi connectivity index (χ3v) is 3.79. The number of hydrogen-bond acceptors (Lipinski definition) is 1. The molecule has 0 aliphatic carbocycles. The van der Waals surface area contributed by atoms with Crippen LogP contribution < -0.4 is 0 Å². The number of benzene rings is 3. The van der Waals surface area contributed by atoms with Crippen LogP contribution >= 0.6 is 0 Å². The molecule has 22 heavy (non-hydrogen) atoms. The molecule has 3 aromatic rings. The summed E-state index contributed by atoms with van der Waals surface area (Å²) in [5.41, 5.74) is 8.03. The van der Waals surface area contributed by atoms with E-state index in [-0.39, 0.29) is 0 Å². The molecule has 0 spiro atoms. The van der Waals surface area contributed by atoms with Crippen LogP contribution in [0.25, 0.3) is 22.3 Å². The van der Waals surface area contributed by atoms with E-state index in [4.69, 9.17) is 5.26 Å². The van der Waals surface area contributed by atoms with E-state index in [0.29, 0.717) is 5.56 Å². The van der Waals surface area contributed by atoms with Crippen LogP contribution in [0.1, 0.15) is 16.7 Å². The molecule has 0 bridgehead atoms. The lowest BCUT2D eigenvalue weighted by molar-refractivity contribution is 1.38. The highest BCUT2D eigenvalue weighted by molar-refractivity contribution is 5.71. The SMILES string of the molecule is Cc1cc(C)cc(-c2ccc(-c3ccc(C#N)cc3)cc2)c1. The molecule has 0 aromatic heterocycles. The molecule has 0 atom stereocenters. The van der Waals surface area contributed by atoms with Gasteiger partial charge in [0, 0.05) is 0 Å². The Morgan fingerprint density at radius 3 is 1.45 bits per heavy atom. The minimum atomic E-state index is 0.690. The van der Waals surface area contributed by atoms with Gasteiger partial charge in [-0.2, -0.15) is 5.26 Å². The van der Waals surface area contributed by atoms with Crippen molar-refractivity contribution in [2.75, 3.05) is 0 Å². The van der Waals surface area contributed by atoms with Gasteiger partial charge in [-0.1, -0.05) is 65.7 Å². The molecule has 1 heteroatoms. The molecule has 0 saturated heterocycles. The average Bonchev–Trinajstić information content (AvgIpc) is 2.54. The molecule has 3 rings (SSSR count). The quantitative estimate of drug-likeness (QED) is 0.608. The standard InChI is InChI=1S/C21H17N/c1-15-11-16(2)13-21(12-15)20-9-7-19(8-10-20)18-5-3-17(14-22)4-6-18/h3-13H,1-2H3. The Bertz CT molecular complexity index is 814. The summed E-state index contributed by atoms with van der Waals surface area (Å²) in [6.45, 7) is 4.25. The Labute approximate surface area is 131 Å². The molecule has 0 amide bonds. The molecule has 0 fully saturated rings. The van der Waals surface area contributed by atoms with E-state index in [1.807, 2.05) is 24.3 Å². The van der Waals surface area contributed by atoms with Gasteiger partial charge in [0.15, 0.2) is 0 Å². The fraction of sp³-hybridized carbons (Fsp3) is 0.0952. The number of nitriles is 1. The molecule has 1 nitrogen and oxygen atoms in total. The molecule has 106 valence electrons. The summed E-state index contributed by atoms with van der Waals surface area (Å²) < 4.78 is 0. The zero-order chi connectivity index (χ0) is 15.5. The smallest absolute Gasteiger partial charge is 0.0991 e. The van der Waals surface area contributed by atoms with Crippen molar-refractivity contribution in [2.24, 2.45) is 0 Å². The van der Waals surface area contributed by atoms with Crippen molar-refractivity contribution in [2.45, 2.75) is 13.8 Å². The van der Waals surface area contributed by atoms with Crippen LogP contribution in [-0.2, 0) is 0 Å². The first-order valence-electron chi connectivity index (χ1n) is 7.35. The molecular weight excluding hydrogens is 266 g/mol. The Morgan fingerprint density at radius 2 is 1.00 bits per heavy atom. The summed E-state index contributed by atoms with van der Waals surface area (Å²) in [6.07, 6.45) is 0. The molecule has 0 radical (unpaired) electrons. The van der Waals surface area contributed by atoms with E-state index in [1.165, 1.54) is 22.3 Å². The maximum absolute atomic E-state index is 8.86. The van der Waals surface area contributed by atoms with Crippen LogP contribution in [-0.4, -0.2) is 0 Å². The molecule has 0 aliphatic rings. The zero-order valence-corrected chi connectivity index (χ0v) is 12.8. The van der Waals surface area contributed by atoms with Crippen molar-refractivity contribution < 1.29 is 0 Å². The lowest BCUT2D eigenvalue weighted by Gasteiger charge is -2.07. The molecule has 0 unspecified atom stereocenters. The van der Waals surface area contributed by atoms with Crippen molar-refractivity contribution in [1.29, 1.82) is 5.26 Å². The lowest BCUT2D eigenvalue weighted by Crippen LogP contribution is -1.84. The predicted molar refractivity (Wildman–Crippen MR) is 91.5 cm³/mol. The number of aryl methyl sites for hydroxylation is 2. The van der Waals surface area contributed by atoms with Gasteiger partial charge in [-0.05, 0) is 48.2 Å². The summed E-state index contributed by atoms with van der Waals surface area (Å²) in [6, 6.07) is 25.0. The second-order valence-corrected chi connectivity index (χ2v) is 5.64. The van der Waals surface area contributed by atoms with Gasteiger partial charge < -0.3 is 0 Å². The van der Waals surface area contributed by atoms with Crippen LogP contribution in [0.2, 0.25) is 0 Å². The summed E-state index contributed by atoms with van der Waals surface area (Å²) in [5, 5.41) is 8.86. The van der Waals surface area contributed by atoms with E-state index in [0.717, 1.165) is 11.1 Å². The van der Waals surface area contributed by atoms with E-state index < -0.39 is 0 Å². The first-order chi connectivity index (χ1) is 10.7. The summed E-state index contributed by atoms with van der Waals surface area (Å²) in [5.74, 6) is 0. The Morgan fingerprint density at radius 1 is 0.591 bits per heavy atom. The van der Waals surface area contributed by atoms with Gasteiger partial charge in [0.2, 0.25) is 0 Å². The van der Waals surface area contributed by atoms with E-state index in [2.05, 4.69) is 62.4 Å². The Kier molecular flexibility index (Phi) is 3.76. The highest BCUT2D eigenvalue weighted by Crippen LogP contribution is 2.26. The number of rotatable bonds is 2. The summed E-state index contributed by atoms with van der Waals surface area (Å²) >= 11 is 0.